The lowest BCUT2D eigenvalue weighted by atomic mass is 10.1. The van der Waals surface area contributed by atoms with Crippen LogP contribution in [0.4, 0.5) is 11.4 Å². The van der Waals surface area contributed by atoms with Gasteiger partial charge in [-0.25, -0.2) is 0 Å². The fourth-order valence-electron chi connectivity index (χ4n) is 2.75. The SMILES string of the molecule is Cc1ccc(Cl)cc1NC(=O)[C@@H]1CC(=O)N(c2ccccc2Cl)C1. The van der Waals surface area contributed by atoms with Crippen LogP contribution in [0.15, 0.2) is 42.5 Å². The maximum Gasteiger partial charge on any atom is 0.229 e. The van der Waals surface area contributed by atoms with E-state index in [1.54, 1.807) is 35.2 Å². The third kappa shape index (κ3) is 3.40. The summed E-state index contributed by atoms with van der Waals surface area (Å²) < 4.78 is 0. The molecule has 0 unspecified atom stereocenters. The summed E-state index contributed by atoms with van der Waals surface area (Å²) >= 11 is 12.1. The number of rotatable bonds is 3. The molecular formula is C18H16Cl2N2O2. The van der Waals surface area contributed by atoms with Crippen molar-refractivity contribution in [3.05, 3.63) is 58.1 Å². The van der Waals surface area contributed by atoms with Crippen molar-refractivity contribution >= 4 is 46.4 Å². The van der Waals surface area contributed by atoms with Crippen LogP contribution in [0.5, 0.6) is 0 Å². The van der Waals surface area contributed by atoms with Crippen molar-refractivity contribution in [2.45, 2.75) is 13.3 Å². The van der Waals surface area contributed by atoms with Gasteiger partial charge in [0.05, 0.1) is 16.6 Å². The Morgan fingerprint density at radius 2 is 1.96 bits per heavy atom. The summed E-state index contributed by atoms with van der Waals surface area (Å²) in [4.78, 5) is 26.4. The summed E-state index contributed by atoms with van der Waals surface area (Å²) in [6.45, 7) is 2.20. The summed E-state index contributed by atoms with van der Waals surface area (Å²) in [5.74, 6) is -0.721. The minimum absolute atomic E-state index is 0.105. The van der Waals surface area contributed by atoms with E-state index in [1.807, 2.05) is 19.1 Å². The van der Waals surface area contributed by atoms with Crippen molar-refractivity contribution in [2.24, 2.45) is 5.92 Å². The first-order valence-electron chi connectivity index (χ1n) is 7.57. The van der Waals surface area contributed by atoms with Gasteiger partial charge in [-0.15, -0.1) is 0 Å². The lowest BCUT2D eigenvalue weighted by Gasteiger charge is -2.18. The second kappa shape index (κ2) is 6.83. The van der Waals surface area contributed by atoms with Crippen molar-refractivity contribution in [3.8, 4) is 0 Å². The van der Waals surface area contributed by atoms with Gasteiger partial charge in [0.25, 0.3) is 0 Å². The van der Waals surface area contributed by atoms with Crippen molar-refractivity contribution in [2.75, 3.05) is 16.8 Å². The van der Waals surface area contributed by atoms with E-state index in [0.717, 1.165) is 5.56 Å². The Morgan fingerprint density at radius 3 is 2.71 bits per heavy atom. The van der Waals surface area contributed by atoms with Gasteiger partial charge in [0.1, 0.15) is 0 Å². The van der Waals surface area contributed by atoms with E-state index in [9.17, 15) is 9.59 Å². The minimum Gasteiger partial charge on any atom is -0.325 e. The van der Waals surface area contributed by atoms with Crippen LogP contribution in [0, 0.1) is 12.8 Å². The van der Waals surface area contributed by atoms with Crippen LogP contribution in [0.2, 0.25) is 10.0 Å². The molecule has 3 rings (SSSR count). The molecular weight excluding hydrogens is 347 g/mol. The highest BCUT2D eigenvalue weighted by atomic mass is 35.5. The van der Waals surface area contributed by atoms with E-state index in [0.29, 0.717) is 28.0 Å². The van der Waals surface area contributed by atoms with Gasteiger partial charge in [-0.2, -0.15) is 0 Å². The van der Waals surface area contributed by atoms with E-state index in [4.69, 9.17) is 23.2 Å². The normalized spacial score (nSPS) is 17.2. The third-order valence-corrected chi connectivity index (χ3v) is 4.65. The average Bonchev–Trinajstić information content (AvgIpc) is 2.93. The number of halogens is 2. The largest absolute Gasteiger partial charge is 0.325 e. The maximum atomic E-state index is 12.5. The maximum absolute atomic E-state index is 12.5. The molecule has 0 spiro atoms. The highest BCUT2D eigenvalue weighted by molar-refractivity contribution is 6.34. The molecule has 0 bridgehead atoms. The molecule has 2 aromatic carbocycles. The quantitative estimate of drug-likeness (QED) is 0.884. The lowest BCUT2D eigenvalue weighted by molar-refractivity contribution is -0.122. The molecule has 124 valence electrons. The van der Waals surface area contributed by atoms with Gasteiger partial charge >= 0.3 is 0 Å². The molecule has 1 aliphatic heterocycles. The molecule has 1 atom stereocenters. The summed E-state index contributed by atoms with van der Waals surface area (Å²) in [6, 6.07) is 12.4. The zero-order valence-electron chi connectivity index (χ0n) is 13.1. The average molecular weight is 363 g/mol. The van der Waals surface area contributed by atoms with Gasteiger partial charge in [0, 0.05) is 23.7 Å². The Balaban J connectivity index is 1.75. The van der Waals surface area contributed by atoms with Crippen LogP contribution in [-0.4, -0.2) is 18.4 Å². The number of benzene rings is 2. The number of amides is 2. The van der Waals surface area contributed by atoms with E-state index < -0.39 is 5.92 Å². The van der Waals surface area contributed by atoms with Crippen LogP contribution < -0.4 is 10.2 Å². The number of hydrogen-bond donors (Lipinski definition) is 1. The first-order valence-corrected chi connectivity index (χ1v) is 8.33. The summed E-state index contributed by atoms with van der Waals surface area (Å²) in [5.41, 5.74) is 2.22. The molecule has 0 saturated carbocycles. The number of para-hydroxylation sites is 1. The van der Waals surface area contributed by atoms with Gasteiger partial charge in [-0.3, -0.25) is 9.59 Å². The first kappa shape index (κ1) is 16.8. The second-order valence-corrected chi connectivity index (χ2v) is 6.65. The Kier molecular flexibility index (Phi) is 4.78. The molecule has 1 aliphatic rings. The molecule has 1 N–H and O–H groups in total. The highest BCUT2D eigenvalue weighted by Crippen LogP contribution is 2.31. The predicted octanol–water partition coefficient (Wildman–Crippen LogP) is 4.29. The fourth-order valence-corrected chi connectivity index (χ4v) is 3.16. The Labute approximate surface area is 150 Å². The molecule has 0 aliphatic carbocycles. The molecule has 0 radical (unpaired) electrons. The fraction of sp³-hybridized carbons (Fsp3) is 0.222. The molecule has 24 heavy (non-hydrogen) atoms. The van der Waals surface area contributed by atoms with Crippen LogP contribution in [-0.2, 0) is 9.59 Å². The number of nitrogens with zero attached hydrogens (tertiary/aromatic N) is 1. The number of hydrogen-bond acceptors (Lipinski definition) is 2. The third-order valence-electron chi connectivity index (χ3n) is 4.10. The van der Waals surface area contributed by atoms with Crippen molar-refractivity contribution in [1.82, 2.24) is 0 Å². The predicted molar refractivity (Wildman–Crippen MR) is 96.7 cm³/mol. The molecule has 1 saturated heterocycles. The molecule has 4 nitrogen and oxygen atoms in total. The van der Waals surface area contributed by atoms with Gasteiger partial charge < -0.3 is 10.2 Å². The molecule has 6 heteroatoms. The van der Waals surface area contributed by atoms with Crippen molar-refractivity contribution in [3.63, 3.8) is 0 Å². The van der Waals surface area contributed by atoms with Crippen LogP contribution in [0.1, 0.15) is 12.0 Å². The van der Waals surface area contributed by atoms with Crippen LogP contribution in [0.3, 0.4) is 0 Å². The van der Waals surface area contributed by atoms with E-state index in [2.05, 4.69) is 5.32 Å². The van der Waals surface area contributed by atoms with Gasteiger partial charge in [0.2, 0.25) is 11.8 Å². The van der Waals surface area contributed by atoms with E-state index >= 15 is 0 Å². The summed E-state index contributed by atoms with van der Waals surface area (Å²) in [5, 5.41) is 3.91. The van der Waals surface area contributed by atoms with Crippen LogP contribution in [0.25, 0.3) is 0 Å². The molecule has 1 fully saturated rings. The van der Waals surface area contributed by atoms with Crippen molar-refractivity contribution < 1.29 is 9.59 Å². The smallest absolute Gasteiger partial charge is 0.229 e. The Morgan fingerprint density at radius 1 is 1.21 bits per heavy atom. The van der Waals surface area contributed by atoms with E-state index in [1.165, 1.54) is 0 Å². The number of carbonyl (C=O) groups is 2. The molecule has 0 aromatic heterocycles. The molecule has 2 aromatic rings. The van der Waals surface area contributed by atoms with Gasteiger partial charge in [0.15, 0.2) is 0 Å². The van der Waals surface area contributed by atoms with Crippen molar-refractivity contribution in [1.29, 1.82) is 0 Å². The number of carbonyl (C=O) groups excluding carboxylic acids is 2. The second-order valence-electron chi connectivity index (χ2n) is 5.81. The molecule has 1 heterocycles. The lowest BCUT2D eigenvalue weighted by Crippen LogP contribution is -2.28. The van der Waals surface area contributed by atoms with Crippen LogP contribution >= 0.6 is 23.2 Å². The number of aryl methyl sites for hydroxylation is 1. The number of nitrogens with one attached hydrogen (secondary N) is 1. The standard InChI is InChI=1S/C18H16Cl2N2O2/c1-11-6-7-13(19)9-15(11)21-18(24)12-8-17(23)22(10-12)16-5-3-2-4-14(16)20/h2-7,9,12H,8,10H2,1H3,(H,21,24)/t12-/m1/s1. The topological polar surface area (TPSA) is 49.4 Å². The highest BCUT2D eigenvalue weighted by Gasteiger charge is 2.36. The minimum atomic E-state index is -0.424. The number of anilines is 2. The molecule has 2 amide bonds. The first-order chi connectivity index (χ1) is 11.5. The zero-order chi connectivity index (χ0) is 17.3. The summed E-state index contributed by atoms with van der Waals surface area (Å²) in [7, 11) is 0. The summed E-state index contributed by atoms with van der Waals surface area (Å²) in [6.07, 6.45) is 0.163. The Hall–Kier alpha value is -2.04. The Bertz CT molecular complexity index is 807. The monoisotopic (exact) mass is 362 g/mol. The van der Waals surface area contributed by atoms with Gasteiger partial charge in [-0.1, -0.05) is 41.4 Å². The van der Waals surface area contributed by atoms with Gasteiger partial charge in [-0.05, 0) is 36.8 Å². The zero-order valence-corrected chi connectivity index (χ0v) is 14.6. The van der Waals surface area contributed by atoms with E-state index in [-0.39, 0.29) is 18.2 Å².